The fourth-order valence-corrected chi connectivity index (χ4v) is 4.77. The lowest BCUT2D eigenvalue weighted by atomic mass is 9.90. The van der Waals surface area contributed by atoms with Gasteiger partial charge in [0.1, 0.15) is 5.82 Å². The molecule has 0 saturated carbocycles. The third-order valence-corrected chi connectivity index (χ3v) is 6.93. The third kappa shape index (κ3) is 7.70. The number of anilines is 1. The number of aryl methyl sites for hydroxylation is 1. The maximum atomic E-state index is 14.2. The average Bonchev–Trinajstić information content (AvgIpc) is 3.38. The van der Waals surface area contributed by atoms with Gasteiger partial charge in [-0.3, -0.25) is 9.59 Å². The summed E-state index contributed by atoms with van der Waals surface area (Å²) in [5.41, 5.74) is 4.36. The predicted octanol–water partition coefficient (Wildman–Crippen LogP) is 6.11. The molecule has 0 atom stereocenters. The van der Waals surface area contributed by atoms with E-state index in [1.807, 2.05) is 97.9 Å². The highest BCUT2D eigenvalue weighted by atomic mass is 16.5. The number of hydrogen-bond donors (Lipinski definition) is 1. The summed E-state index contributed by atoms with van der Waals surface area (Å²) in [7, 11) is 1.63. The Hall–Kier alpha value is -4.23. The van der Waals surface area contributed by atoms with E-state index in [0.717, 1.165) is 28.1 Å². The van der Waals surface area contributed by atoms with Crippen molar-refractivity contribution in [3.05, 3.63) is 113 Å². The van der Waals surface area contributed by atoms with Gasteiger partial charge in [0, 0.05) is 31.7 Å². The maximum Gasteiger partial charge on any atom is 0.245 e. The molecule has 4 rings (SSSR count). The Labute approximate surface area is 243 Å². The molecule has 41 heavy (non-hydrogen) atoms. The summed E-state index contributed by atoms with van der Waals surface area (Å²) in [4.78, 5) is 29.4. The van der Waals surface area contributed by atoms with Gasteiger partial charge in [0.15, 0.2) is 0 Å². The van der Waals surface area contributed by atoms with Crippen LogP contribution in [0, 0.1) is 6.92 Å². The highest BCUT2D eigenvalue weighted by molar-refractivity contribution is 5.96. The van der Waals surface area contributed by atoms with Crippen LogP contribution in [0.5, 0.6) is 0 Å². The smallest absolute Gasteiger partial charge is 0.245 e. The van der Waals surface area contributed by atoms with Crippen LogP contribution in [0.1, 0.15) is 55.5 Å². The number of amides is 2. The van der Waals surface area contributed by atoms with E-state index in [9.17, 15) is 9.59 Å². The molecule has 0 aliphatic rings. The van der Waals surface area contributed by atoms with Crippen molar-refractivity contribution in [2.24, 2.45) is 0 Å². The molecule has 4 aromatic rings. The van der Waals surface area contributed by atoms with Crippen LogP contribution >= 0.6 is 0 Å². The molecule has 1 aromatic heterocycles. The second-order valence-corrected chi connectivity index (χ2v) is 11.3. The molecule has 0 unspecified atom stereocenters. The van der Waals surface area contributed by atoms with Gasteiger partial charge in [-0.2, -0.15) is 5.10 Å². The molecular weight excluding hydrogens is 512 g/mol. The number of methoxy groups -OCH3 is 1. The molecule has 7 nitrogen and oxygen atoms in total. The van der Waals surface area contributed by atoms with E-state index < -0.39 is 5.92 Å². The van der Waals surface area contributed by atoms with Crippen LogP contribution in [0.3, 0.4) is 0 Å². The van der Waals surface area contributed by atoms with Crippen LogP contribution < -0.4 is 5.32 Å². The minimum Gasteiger partial charge on any atom is -0.385 e. The van der Waals surface area contributed by atoms with E-state index in [-0.39, 0.29) is 23.8 Å². The van der Waals surface area contributed by atoms with Crippen LogP contribution in [-0.4, -0.2) is 53.3 Å². The van der Waals surface area contributed by atoms with Gasteiger partial charge < -0.3 is 15.0 Å². The van der Waals surface area contributed by atoms with Crippen molar-refractivity contribution in [1.82, 2.24) is 14.7 Å². The van der Waals surface area contributed by atoms with Gasteiger partial charge in [-0.1, -0.05) is 93.6 Å². The molecular formula is C34H40N4O3. The van der Waals surface area contributed by atoms with E-state index in [2.05, 4.69) is 26.1 Å². The first-order chi connectivity index (χ1) is 19.7. The topological polar surface area (TPSA) is 76.5 Å². The average molecular weight is 553 g/mol. The molecule has 7 heteroatoms. The molecule has 214 valence electrons. The Morgan fingerprint density at radius 3 is 2.12 bits per heavy atom. The Morgan fingerprint density at radius 1 is 0.927 bits per heavy atom. The zero-order valence-electron chi connectivity index (χ0n) is 24.6. The monoisotopic (exact) mass is 552 g/mol. The van der Waals surface area contributed by atoms with Crippen molar-refractivity contribution in [2.45, 2.75) is 45.4 Å². The Kier molecular flexibility index (Phi) is 9.73. The lowest BCUT2D eigenvalue weighted by molar-refractivity contribution is -0.135. The maximum absolute atomic E-state index is 14.2. The van der Waals surface area contributed by atoms with Crippen LogP contribution in [-0.2, 0) is 19.7 Å². The minimum absolute atomic E-state index is 0.0947. The van der Waals surface area contributed by atoms with E-state index >= 15 is 0 Å². The second kappa shape index (κ2) is 13.4. The fourth-order valence-electron chi connectivity index (χ4n) is 4.77. The first-order valence-electron chi connectivity index (χ1n) is 14.0. The van der Waals surface area contributed by atoms with Gasteiger partial charge >= 0.3 is 0 Å². The summed E-state index contributed by atoms with van der Waals surface area (Å²) >= 11 is 0. The number of benzene rings is 3. The van der Waals surface area contributed by atoms with Crippen molar-refractivity contribution < 1.29 is 14.3 Å². The number of rotatable bonds is 11. The largest absolute Gasteiger partial charge is 0.385 e. The lowest BCUT2D eigenvalue weighted by Gasteiger charge is -2.28. The SMILES string of the molecule is COCCCN(CC(=O)Nc1cc(C(C)(C)C)nn1-c1cccc(C)c1)C(=O)C(c1ccccc1)c1ccccc1. The van der Waals surface area contributed by atoms with Crippen LogP contribution in [0.2, 0.25) is 0 Å². The van der Waals surface area contributed by atoms with Gasteiger partial charge in [0.05, 0.1) is 23.8 Å². The molecule has 0 radical (unpaired) electrons. The summed E-state index contributed by atoms with van der Waals surface area (Å²) < 4.78 is 7.02. The van der Waals surface area contributed by atoms with Gasteiger partial charge in [-0.15, -0.1) is 0 Å². The molecule has 0 aliphatic heterocycles. The van der Waals surface area contributed by atoms with E-state index in [1.165, 1.54) is 0 Å². The summed E-state index contributed by atoms with van der Waals surface area (Å²) in [5.74, 6) is -0.378. The standard InChI is InChI=1S/C34H40N4O3/c1-25-14-12-19-28(22-25)38-30(23-29(36-38)34(2,3)4)35-31(39)24-37(20-13-21-41-5)33(40)32(26-15-8-6-9-16-26)27-17-10-7-11-18-27/h6-12,14-19,22-23,32H,13,20-21,24H2,1-5H3,(H,35,39). The molecule has 0 fully saturated rings. The van der Waals surface area contributed by atoms with Crippen molar-refractivity contribution in [3.63, 3.8) is 0 Å². The Balaban J connectivity index is 1.64. The normalized spacial score (nSPS) is 11.5. The zero-order valence-corrected chi connectivity index (χ0v) is 24.6. The first-order valence-corrected chi connectivity index (χ1v) is 14.0. The minimum atomic E-state index is -0.530. The zero-order chi connectivity index (χ0) is 29.4. The van der Waals surface area contributed by atoms with Gasteiger partial charge in [0.2, 0.25) is 11.8 Å². The van der Waals surface area contributed by atoms with Crippen LogP contribution in [0.4, 0.5) is 5.82 Å². The van der Waals surface area contributed by atoms with Crippen molar-refractivity contribution in [3.8, 4) is 5.69 Å². The summed E-state index contributed by atoms with van der Waals surface area (Å²) in [6.07, 6.45) is 0.612. The molecule has 2 amide bonds. The van der Waals surface area contributed by atoms with E-state index in [4.69, 9.17) is 9.84 Å². The summed E-state index contributed by atoms with van der Waals surface area (Å²) in [5, 5.41) is 7.88. The van der Waals surface area contributed by atoms with Gasteiger partial charge in [-0.25, -0.2) is 4.68 Å². The highest BCUT2D eigenvalue weighted by Crippen LogP contribution is 2.28. The molecule has 0 bridgehead atoms. The number of carbonyl (C=O) groups excluding carboxylic acids is 2. The summed E-state index contributed by atoms with van der Waals surface area (Å²) in [6.45, 7) is 9.07. The molecule has 0 spiro atoms. The molecule has 0 aliphatic carbocycles. The fraction of sp³-hybridized carbons (Fsp3) is 0.324. The second-order valence-electron chi connectivity index (χ2n) is 11.3. The van der Waals surface area contributed by atoms with Gasteiger partial charge in [0.25, 0.3) is 0 Å². The predicted molar refractivity (Wildman–Crippen MR) is 163 cm³/mol. The highest BCUT2D eigenvalue weighted by Gasteiger charge is 2.29. The van der Waals surface area contributed by atoms with E-state index in [0.29, 0.717) is 25.4 Å². The lowest BCUT2D eigenvalue weighted by Crippen LogP contribution is -2.42. The Morgan fingerprint density at radius 2 is 1.56 bits per heavy atom. The molecule has 1 heterocycles. The van der Waals surface area contributed by atoms with E-state index in [1.54, 1.807) is 16.7 Å². The first kappa shape index (κ1) is 29.7. The van der Waals surface area contributed by atoms with Crippen molar-refractivity contribution in [2.75, 3.05) is 32.1 Å². The number of aromatic nitrogens is 2. The van der Waals surface area contributed by atoms with Crippen LogP contribution in [0.15, 0.2) is 91.0 Å². The third-order valence-electron chi connectivity index (χ3n) is 6.93. The van der Waals surface area contributed by atoms with Gasteiger partial charge in [-0.05, 0) is 42.2 Å². The quantitative estimate of drug-likeness (QED) is 0.228. The molecule has 1 N–H and O–H groups in total. The van der Waals surface area contributed by atoms with Crippen molar-refractivity contribution >= 4 is 17.6 Å². The van der Waals surface area contributed by atoms with Crippen molar-refractivity contribution in [1.29, 1.82) is 0 Å². The van der Waals surface area contributed by atoms with Crippen LogP contribution in [0.25, 0.3) is 5.69 Å². The Bertz CT molecular complexity index is 1400. The number of hydrogen-bond acceptors (Lipinski definition) is 4. The number of nitrogens with zero attached hydrogens (tertiary/aromatic N) is 3. The molecule has 0 saturated heterocycles. The number of nitrogens with one attached hydrogen (secondary N) is 1. The number of carbonyl (C=O) groups is 2. The molecule has 3 aromatic carbocycles. The number of ether oxygens (including phenoxy) is 1. The summed E-state index contributed by atoms with van der Waals surface area (Å²) in [6, 6.07) is 29.3.